The molecule has 1 N–H and O–H groups in total. The lowest BCUT2D eigenvalue weighted by molar-refractivity contribution is -0.387. The molecule has 0 bridgehead atoms. The van der Waals surface area contributed by atoms with Crippen molar-refractivity contribution in [2.45, 2.75) is 165 Å². The summed E-state index contributed by atoms with van der Waals surface area (Å²) in [5.74, 6) is -0.689. The van der Waals surface area contributed by atoms with E-state index in [-0.39, 0.29) is 84.3 Å². The molecular formula is C84H90NO17P. The average molecular weight is 1420 g/mol. The van der Waals surface area contributed by atoms with Crippen molar-refractivity contribution in [2.75, 3.05) is 13.2 Å². The summed E-state index contributed by atoms with van der Waals surface area (Å²) in [5, 5.41) is 3.20. The fourth-order valence-electron chi connectivity index (χ4n) is 13.5. The quantitative estimate of drug-likeness (QED) is 0.0383. The maximum atomic E-state index is 16.0. The van der Waals surface area contributed by atoms with E-state index in [9.17, 15) is 4.79 Å². The third kappa shape index (κ3) is 20.5. The minimum atomic E-state index is -4.59. The first-order chi connectivity index (χ1) is 50.6. The molecule has 0 aromatic heterocycles. The van der Waals surface area contributed by atoms with E-state index in [1.807, 2.05) is 273 Å². The highest BCUT2D eigenvalue weighted by Crippen LogP contribution is 2.55. The largest absolute Gasteiger partial charge is 0.475 e. The highest BCUT2D eigenvalue weighted by Gasteiger charge is 2.58. The van der Waals surface area contributed by atoms with Gasteiger partial charge in [-0.25, -0.2) is 4.57 Å². The molecule has 103 heavy (non-hydrogen) atoms. The van der Waals surface area contributed by atoms with Crippen LogP contribution in [-0.2, 0) is 133 Å². The van der Waals surface area contributed by atoms with Gasteiger partial charge in [-0.05, 0) is 56.8 Å². The van der Waals surface area contributed by atoms with Crippen LogP contribution in [0, 0.1) is 5.92 Å². The second-order valence-corrected chi connectivity index (χ2v) is 27.9. The Morgan fingerprint density at radius 3 is 1.24 bits per heavy atom. The molecule has 0 radical (unpaired) electrons. The average Bonchev–Trinajstić information content (AvgIpc) is 0.761. The Morgan fingerprint density at radius 2 is 0.796 bits per heavy atom. The molecule has 4 aliphatic rings. The van der Waals surface area contributed by atoms with Gasteiger partial charge in [0.2, 0.25) is 5.91 Å². The van der Waals surface area contributed by atoms with Gasteiger partial charge in [0, 0.05) is 12.5 Å². The molecule has 18 nitrogen and oxygen atoms in total. The van der Waals surface area contributed by atoms with Crippen LogP contribution in [-0.4, -0.2) is 105 Å². The molecule has 19 heteroatoms. The van der Waals surface area contributed by atoms with Crippen LogP contribution in [0.2, 0.25) is 0 Å². The van der Waals surface area contributed by atoms with Gasteiger partial charge in [0.15, 0.2) is 18.9 Å². The van der Waals surface area contributed by atoms with Gasteiger partial charge < -0.3 is 62.2 Å². The molecular weight excluding hydrogens is 1330 g/mol. The number of benzene rings is 9. The molecule has 4 fully saturated rings. The number of ether oxygens (including phenoxy) is 12. The van der Waals surface area contributed by atoms with Gasteiger partial charge >= 0.3 is 7.82 Å². The number of nitrogens with one attached hydrogen (secondary N) is 1. The summed E-state index contributed by atoms with van der Waals surface area (Å²) in [6, 6.07) is 86.6. The maximum absolute atomic E-state index is 16.0. The Labute approximate surface area is 603 Å². The fraction of sp³-hybridized carbons (Fsp3) is 0.345. The molecule has 9 aromatic rings. The fourth-order valence-corrected chi connectivity index (χ4v) is 14.9. The number of fused-ring (bicyclic) bond motifs is 1. The van der Waals surface area contributed by atoms with Crippen LogP contribution in [0.4, 0.5) is 0 Å². The zero-order valence-electron chi connectivity index (χ0n) is 57.9. The van der Waals surface area contributed by atoms with Crippen LogP contribution >= 0.6 is 7.82 Å². The van der Waals surface area contributed by atoms with Crippen LogP contribution in [0.15, 0.2) is 273 Å². The predicted octanol–water partition coefficient (Wildman–Crippen LogP) is 14.9. The van der Waals surface area contributed by atoms with Crippen molar-refractivity contribution in [1.82, 2.24) is 5.32 Å². The Morgan fingerprint density at radius 1 is 0.417 bits per heavy atom. The monoisotopic (exact) mass is 1420 g/mol. The number of amides is 1. The third-order valence-electron chi connectivity index (χ3n) is 18.7. The van der Waals surface area contributed by atoms with Gasteiger partial charge in [-0.2, -0.15) is 0 Å². The van der Waals surface area contributed by atoms with Crippen molar-refractivity contribution < 1.29 is 79.8 Å². The number of hydrogen-bond donors (Lipinski definition) is 1. The van der Waals surface area contributed by atoms with Crippen molar-refractivity contribution in [1.29, 1.82) is 0 Å². The molecule has 0 spiro atoms. The molecule has 538 valence electrons. The van der Waals surface area contributed by atoms with E-state index in [0.717, 1.165) is 50.1 Å². The van der Waals surface area contributed by atoms with E-state index in [4.69, 9.17) is 70.4 Å². The number of hydrogen-bond acceptors (Lipinski definition) is 17. The minimum Gasteiger partial charge on any atom is -0.374 e. The maximum Gasteiger partial charge on any atom is 0.475 e. The Kier molecular flexibility index (Phi) is 26.5. The number of carbonyl (C=O) groups is 1. The smallest absolute Gasteiger partial charge is 0.374 e. The summed E-state index contributed by atoms with van der Waals surface area (Å²) in [4.78, 5) is 13.9. The summed E-state index contributed by atoms with van der Waals surface area (Å²) < 4.78 is 122. The topological polar surface area (TPSA) is 185 Å². The molecule has 13 rings (SSSR count). The van der Waals surface area contributed by atoms with Gasteiger partial charge in [-0.3, -0.25) is 18.4 Å². The van der Waals surface area contributed by atoms with Crippen molar-refractivity contribution in [3.63, 3.8) is 0 Å². The summed E-state index contributed by atoms with van der Waals surface area (Å²) in [6.07, 6.45) is -14.2. The molecule has 1 amide bonds. The molecule has 16 atom stereocenters. The number of phosphoric ester groups is 1. The van der Waals surface area contributed by atoms with E-state index in [1.165, 1.54) is 6.92 Å². The first kappa shape index (κ1) is 73.4. The second kappa shape index (κ2) is 37.2. The van der Waals surface area contributed by atoms with Crippen molar-refractivity contribution >= 4 is 13.7 Å². The zero-order valence-corrected chi connectivity index (χ0v) is 58.8. The first-order valence-corrected chi connectivity index (χ1v) is 36.9. The zero-order chi connectivity index (χ0) is 70.4. The van der Waals surface area contributed by atoms with Gasteiger partial charge in [-0.15, -0.1) is 0 Å². The summed E-state index contributed by atoms with van der Waals surface area (Å²) >= 11 is 0. The van der Waals surface area contributed by atoms with Crippen molar-refractivity contribution in [2.24, 2.45) is 5.92 Å². The van der Waals surface area contributed by atoms with E-state index in [0.29, 0.717) is 0 Å². The Hall–Kier alpha value is -7.92. The molecule has 9 aromatic carbocycles. The van der Waals surface area contributed by atoms with Gasteiger partial charge in [0.25, 0.3) is 0 Å². The molecule has 3 saturated heterocycles. The lowest BCUT2D eigenvalue weighted by atomic mass is 9.81. The van der Waals surface area contributed by atoms with Gasteiger partial charge in [0.05, 0.1) is 78.3 Å². The molecule has 3 aliphatic heterocycles. The summed E-state index contributed by atoms with van der Waals surface area (Å²) in [5.41, 5.74) is 7.62. The number of carbonyl (C=O) groups excluding carboxylic acids is 1. The van der Waals surface area contributed by atoms with Crippen LogP contribution in [0.25, 0.3) is 0 Å². The van der Waals surface area contributed by atoms with Crippen LogP contribution in [0.1, 0.15) is 76.6 Å². The van der Waals surface area contributed by atoms with E-state index in [2.05, 4.69) is 12.2 Å². The van der Waals surface area contributed by atoms with Crippen molar-refractivity contribution in [3.8, 4) is 0 Å². The van der Waals surface area contributed by atoms with Gasteiger partial charge in [0.1, 0.15) is 61.0 Å². The van der Waals surface area contributed by atoms with Crippen LogP contribution < -0.4 is 5.32 Å². The minimum absolute atomic E-state index is 0.0426. The third-order valence-corrected chi connectivity index (χ3v) is 20.1. The standard InChI is InChI=1S/C84H90NO17P/c1-59-48-70(102-103(87,95-55-67-42-24-9-25-43-67)96-56-68-44-26-10-27-45-68)75(79(91-52-64-36-18-6-19-37-64)74(59)89-50-62-32-14-4-15-33-62)101-84-81(93-54-66-40-22-8-23-41-66)80(92-53-65-38-20-7-21-39-65)77(71(98-84)57-88-49-61-30-12-3-13-31-61)100-83-73(85-60(2)86)78(90-51-63-34-16-5-17-35-63)76-72(97-83)58-94-82(99-76)69-46-28-11-29-47-69/h3-47,59,70-84H,48-58H2,1-2H3,(H,85,86)/t59-,70-,71-,72-,73+,74+,75+,76-,77-,78-,79-,80+,81-,82?,83+,84-/m1/s1. The second-order valence-electron chi connectivity index (χ2n) is 26.3. The summed E-state index contributed by atoms with van der Waals surface area (Å²) in [7, 11) is -4.59. The predicted molar refractivity (Wildman–Crippen MR) is 385 cm³/mol. The van der Waals surface area contributed by atoms with E-state index in [1.54, 1.807) is 0 Å². The molecule has 1 unspecified atom stereocenters. The Bertz CT molecular complexity index is 3930. The normalized spacial score (nSPS) is 26.4. The van der Waals surface area contributed by atoms with E-state index < -0.39 is 99.9 Å². The highest BCUT2D eigenvalue weighted by molar-refractivity contribution is 7.48. The number of rotatable bonds is 33. The molecule has 1 aliphatic carbocycles. The van der Waals surface area contributed by atoms with E-state index >= 15 is 4.57 Å². The highest BCUT2D eigenvalue weighted by atomic mass is 31.2. The molecule has 1 saturated carbocycles. The van der Waals surface area contributed by atoms with Gasteiger partial charge in [-0.1, -0.05) is 280 Å². The SMILES string of the molecule is CC(=O)N[C@@H]1[C@H](O[C@H]2[C@H](OCc3ccccc3)[C@@H](OCc3ccccc3)[C@@H](O[C@@H]3[C@H](OCc4ccccc4)[C@@H](OCc4ccccc4)[C@H](C)C[C@H]3OP(=O)(OCc3ccccc3)OCc3ccccc3)O[C@@H]2COCc2ccccc2)O[C@@H]2COC(c3ccccc3)O[C@H]2[C@@H]1OCc1ccccc1. The molecule has 3 heterocycles. The lowest BCUT2D eigenvalue weighted by Gasteiger charge is -2.52. The van der Waals surface area contributed by atoms with Crippen LogP contribution in [0.3, 0.4) is 0 Å². The first-order valence-electron chi connectivity index (χ1n) is 35.4. The summed E-state index contributed by atoms with van der Waals surface area (Å²) in [6.45, 7) is 4.06. The van der Waals surface area contributed by atoms with Crippen LogP contribution in [0.5, 0.6) is 0 Å². The van der Waals surface area contributed by atoms with Crippen molar-refractivity contribution in [3.05, 3.63) is 323 Å². The Balaban J connectivity index is 0.927. The number of phosphoric acid groups is 1. The lowest BCUT2D eigenvalue weighted by Crippen LogP contribution is -2.70.